The van der Waals surface area contributed by atoms with E-state index in [0.717, 1.165) is 73.2 Å². The van der Waals surface area contributed by atoms with Crippen molar-refractivity contribution < 1.29 is 14.3 Å². The Morgan fingerprint density at radius 3 is 2.55 bits per heavy atom. The van der Waals surface area contributed by atoms with Crippen molar-refractivity contribution in [2.24, 2.45) is 13.0 Å². The number of aryl methyl sites for hydroxylation is 1. The first-order valence-electron chi connectivity index (χ1n) is 13.7. The monoisotopic (exact) mass is 515 g/mol. The van der Waals surface area contributed by atoms with Gasteiger partial charge in [-0.15, -0.1) is 0 Å². The van der Waals surface area contributed by atoms with Gasteiger partial charge in [-0.25, -0.2) is 14.8 Å². The summed E-state index contributed by atoms with van der Waals surface area (Å²) in [6.07, 6.45) is 8.21. The molecule has 1 aliphatic heterocycles. The summed E-state index contributed by atoms with van der Waals surface area (Å²) in [6, 6.07) is 10.4. The summed E-state index contributed by atoms with van der Waals surface area (Å²) < 4.78 is 13.8. The zero-order valence-corrected chi connectivity index (χ0v) is 22.9. The Balaban J connectivity index is 1.26. The maximum absolute atomic E-state index is 12.3. The molecule has 2 aliphatic rings. The fourth-order valence-electron chi connectivity index (χ4n) is 5.34. The summed E-state index contributed by atoms with van der Waals surface area (Å²) in [4.78, 5) is 23.1. The van der Waals surface area contributed by atoms with Crippen molar-refractivity contribution >= 4 is 17.1 Å². The van der Waals surface area contributed by atoms with Gasteiger partial charge >= 0.3 is 6.09 Å². The topological polar surface area (TPSA) is 93.3 Å². The third-order valence-corrected chi connectivity index (χ3v) is 7.70. The molecule has 0 bridgehead atoms. The van der Waals surface area contributed by atoms with Crippen molar-refractivity contribution in [1.82, 2.24) is 19.4 Å². The van der Waals surface area contributed by atoms with Gasteiger partial charge in [0.2, 0.25) is 5.82 Å². The standard InChI is InChI=1S/C30H37N5O3/c1-30(2,3)38-29(36)35-15-10-20(11-16-35)13-17-37-25-9-8-22(18-24(25)21-6-5-7-21)27-23-12-14-34(4)28(23)33-26(19-31)32-27/h8-9,12,14,18,20-21H,5-7,10-11,13,15-17H2,1-4H3. The third-order valence-electron chi connectivity index (χ3n) is 7.70. The normalized spacial score (nSPS) is 16.8. The van der Waals surface area contributed by atoms with E-state index in [2.05, 4.69) is 28.2 Å². The Labute approximate surface area is 224 Å². The molecule has 0 atom stereocenters. The van der Waals surface area contributed by atoms with Gasteiger partial charge in [-0.2, -0.15) is 5.26 Å². The molecule has 3 aromatic rings. The number of nitriles is 1. The largest absolute Gasteiger partial charge is 0.493 e. The molecule has 3 heterocycles. The lowest BCUT2D eigenvalue weighted by Gasteiger charge is -2.33. The summed E-state index contributed by atoms with van der Waals surface area (Å²) in [6.45, 7) is 7.83. The van der Waals surface area contributed by atoms with Crippen LogP contribution in [0.2, 0.25) is 0 Å². The number of amides is 1. The summed E-state index contributed by atoms with van der Waals surface area (Å²) in [5.74, 6) is 2.16. The van der Waals surface area contributed by atoms with E-state index >= 15 is 0 Å². The number of ether oxygens (including phenoxy) is 2. The number of nitrogens with zero attached hydrogens (tertiary/aromatic N) is 5. The molecule has 2 fully saturated rings. The lowest BCUT2D eigenvalue weighted by molar-refractivity contribution is 0.0177. The second kappa shape index (κ2) is 10.6. The SMILES string of the molecule is Cn1ccc2c(-c3ccc(OCCC4CCN(C(=O)OC(C)(C)C)CC4)c(C4CCC4)c3)nc(C#N)nc21. The highest BCUT2D eigenvalue weighted by molar-refractivity contribution is 5.91. The van der Waals surface area contributed by atoms with Crippen LogP contribution in [0.25, 0.3) is 22.3 Å². The molecule has 0 radical (unpaired) electrons. The van der Waals surface area contributed by atoms with Gasteiger partial charge < -0.3 is 18.9 Å². The van der Waals surface area contributed by atoms with Gasteiger partial charge in [0, 0.05) is 37.3 Å². The second-order valence-electron chi connectivity index (χ2n) is 11.6. The van der Waals surface area contributed by atoms with Crippen LogP contribution in [0.15, 0.2) is 30.5 Å². The molecule has 1 aliphatic carbocycles. The lowest BCUT2D eigenvalue weighted by Crippen LogP contribution is -2.41. The minimum absolute atomic E-state index is 0.178. The highest BCUT2D eigenvalue weighted by Gasteiger charge is 2.28. The van der Waals surface area contributed by atoms with E-state index in [1.165, 1.54) is 12.0 Å². The maximum atomic E-state index is 12.3. The van der Waals surface area contributed by atoms with Crippen molar-refractivity contribution in [2.75, 3.05) is 19.7 Å². The van der Waals surface area contributed by atoms with Gasteiger partial charge in [-0.05, 0) is 94.5 Å². The number of hydrogen-bond donors (Lipinski definition) is 0. The van der Waals surface area contributed by atoms with Crippen LogP contribution in [0.1, 0.15) is 76.6 Å². The molecule has 200 valence electrons. The summed E-state index contributed by atoms with van der Waals surface area (Å²) in [5.41, 5.74) is 3.30. The van der Waals surface area contributed by atoms with E-state index in [9.17, 15) is 10.1 Å². The summed E-state index contributed by atoms with van der Waals surface area (Å²) in [5, 5.41) is 10.4. The fourth-order valence-corrected chi connectivity index (χ4v) is 5.34. The molecular formula is C30H37N5O3. The average molecular weight is 516 g/mol. The van der Waals surface area contributed by atoms with E-state index in [4.69, 9.17) is 9.47 Å². The molecule has 5 rings (SSSR count). The molecule has 0 unspecified atom stereocenters. The maximum Gasteiger partial charge on any atom is 0.410 e. The van der Waals surface area contributed by atoms with Gasteiger partial charge in [0.25, 0.3) is 0 Å². The van der Waals surface area contributed by atoms with Gasteiger partial charge in [-0.3, -0.25) is 0 Å². The van der Waals surface area contributed by atoms with E-state index in [-0.39, 0.29) is 11.9 Å². The predicted octanol–water partition coefficient (Wildman–Crippen LogP) is 6.19. The highest BCUT2D eigenvalue weighted by Crippen LogP contribution is 2.43. The number of carbonyl (C=O) groups is 1. The Bertz CT molecular complexity index is 1350. The number of benzene rings is 1. The van der Waals surface area contributed by atoms with Crippen molar-refractivity contribution in [3.8, 4) is 23.1 Å². The minimum atomic E-state index is -0.464. The molecule has 0 N–H and O–H groups in total. The van der Waals surface area contributed by atoms with Crippen LogP contribution in [0, 0.1) is 17.2 Å². The zero-order valence-electron chi connectivity index (χ0n) is 22.9. The first-order valence-corrected chi connectivity index (χ1v) is 13.7. The minimum Gasteiger partial charge on any atom is -0.493 e. The zero-order chi connectivity index (χ0) is 26.9. The fraction of sp³-hybridized carbons (Fsp3) is 0.533. The molecule has 2 aromatic heterocycles. The van der Waals surface area contributed by atoms with E-state index in [1.54, 1.807) is 0 Å². The van der Waals surface area contributed by atoms with Crippen LogP contribution in [0.4, 0.5) is 4.79 Å². The summed E-state index contributed by atoms with van der Waals surface area (Å²) in [7, 11) is 1.93. The molecule has 1 saturated carbocycles. The van der Waals surface area contributed by atoms with Crippen molar-refractivity contribution in [1.29, 1.82) is 5.26 Å². The van der Waals surface area contributed by atoms with Crippen LogP contribution in [0.3, 0.4) is 0 Å². The molecule has 1 aromatic carbocycles. The molecule has 8 heteroatoms. The molecular weight excluding hydrogens is 478 g/mol. The van der Waals surface area contributed by atoms with E-state index in [1.807, 2.05) is 55.6 Å². The first kappa shape index (κ1) is 26.0. The van der Waals surface area contributed by atoms with Crippen LogP contribution in [0.5, 0.6) is 5.75 Å². The number of likely N-dealkylation sites (tertiary alicyclic amines) is 1. The highest BCUT2D eigenvalue weighted by atomic mass is 16.6. The Morgan fingerprint density at radius 1 is 1.13 bits per heavy atom. The quantitative estimate of drug-likeness (QED) is 0.389. The molecule has 0 spiro atoms. The van der Waals surface area contributed by atoms with E-state index in [0.29, 0.717) is 18.4 Å². The van der Waals surface area contributed by atoms with Crippen LogP contribution < -0.4 is 4.74 Å². The lowest BCUT2D eigenvalue weighted by atomic mass is 9.79. The summed E-state index contributed by atoms with van der Waals surface area (Å²) >= 11 is 0. The number of aromatic nitrogens is 3. The van der Waals surface area contributed by atoms with Crippen molar-refractivity contribution in [3.05, 3.63) is 41.9 Å². The Kier molecular flexibility index (Phi) is 7.29. The van der Waals surface area contributed by atoms with Gasteiger partial charge in [0.1, 0.15) is 23.1 Å². The first-order chi connectivity index (χ1) is 18.2. The van der Waals surface area contributed by atoms with Crippen LogP contribution in [-0.2, 0) is 11.8 Å². The smallest absolute Gasteiger partial charge is 0.410 e. The van der Waals surface area contributed by atoms with Gasteiger partial charge in [0.15, 0.2) is 0 Å². The average Bonchev–Trinajstić information content (AvgIpc) is 3.23. The number of rotatable bonds is 6. The Hall–Kier alpha value is -3.60. The van der Waals surface area contributed by atoms with Crippen LogP contribution in [-0.4, -0.2) is 50.8 Å². The number of hydrogen-bond acceptors (Lipinski definition) is 6. The molecule has 38 heavy (non-hydrogen) atoms. The molecule has 1 amide bonds. The van der Waals surface area contributed by atoms with Crippen LogP contribution >= 0.6 is 0 Å². The van der Waals surface area contributed by atoms with Gasteiger partial charge in [0.05, 0.1) is 12.3 Å². The molecule has 8 nitrogen and oxygen atoms in total. The number of carbonyl (C=O) groups excluding carboxylic acids is 1. The second-order valence-corrected chi connectivity index (χ2v) is 11.6. The van der Waals surface area contributed by atoms with E-state index < -0.39 is 5.60 Å². The van der Waals surface area contributed by atoms with Gasteiger partial charge in [-0.1, -0.05) is 6.42 Å². The van der Waals surface area contributed by atoms with Crippen molar-refractivity contribution in [3.63, 3.8) is 0 Å². The Morgan fingerprint density at radius 2 is 1.89 bits per heavy atom. The predicted molar refractivity (Wildman–Crippen MR) is 146 cm³/mol. The number of fused-ring (bicyclic) bond motifs is 1. The van der Waals surface area contributed by atoms with Crippen molar-refractivity contribution in [2.45, 2.75) is 70.8 Å². The molecule has 1 saturated heterocycles. The third kappa shape index (κ3) is 5.62. The number of piperidine rings is 1.